The van der Waals surface area contributed by atoms with Gasteiger partial charge in [0.1, 0.15) is 0 Å². The van der Waals surface area contributed by atoms with Crippen molar-refractivity contribution < 1.29 is 0 Å². The lowest BCUT2D eigenvalue weighted by molar-refractivity contribution is 1.23. The number of H-pyrrole nitrogens is 1. The summed E-state index contributed by atoms with van der Waals surface area (Å²) in [6, 6.07) is 13.4. The Morgan fingerprint density at radius 3 is 2.40 bits per heavy atom. The highest BCUT2D eigenvalue weighted by Gasteiger charge is 1.87. The van der Waals surface area contributed by atoms with Crippen molar-refractivity contribution in [3.8, 4) is 0 Å². The van der Waals surface area contributed by atoms with Crippen LogP contribution in [-0.4, -0.2) is 4.98 Å². The first-order chi connectivity index (χ1) is 7.34. The molecule has 0 bridgehead atoms. The van der Waals surface area contributed by atoms with E-state index in [4.69, 9.17) is 0 Å². The van der Waals surface area contributed by atoms with Gasteiger partial charge in [-0.3, -0.25) is 4.79 Å². The van der Waals surface area contributed by atoms with Gasteiger partial charge in [-0.05, 0) is 17.2 Å². The van der Waals surface area contributed by atoms with Gasteiger partial charge < -0.3 is 4.98 Å². The van der Waals surface area contributed by atoms with Gasteiger partial charge in [0, 0.05) is 12.3 Å². The molecule has 2 heteroatoms. The molecule has 0 aliphatic rings. The van der Waals surface area contributed by atoms with Crippen LogP contribution in [0.1, 0.15) is 11.1 Å². The third-order valence-corrected chi connectivity index (χ3v) is 2.07. The summed E-state index contributed by atoms with van der Waals surface area (Å²) >= 11 is 0. The molecule has 2 aromatic rings. The second-order valence-electron chi connectivity index (χ2n) is 3.23. The van der Waals surface area contributed by atoms with E-state index in [0.29, 0.717) is 0 Å². The van der Waals surface area contributed by atoms with Crippen LogP contribution >= 0.6 is 0 Å². The van der Waals surface area contributed by atoms with E-state index in [-0.39, 0.29) is 5.56 Å². The fourth-order valence-corrected chi connectivity index (χ4v) is 1.32. The summed E-state index contributed by atoms with van der Waals surface area (Å²) in [5.41, 5.74) is 1.95. The van der Waals surface area contributed by atoms with Crippen LogP contribution in [0.25, 0.3) is 12.2 Å². The number of nitrogens with one attached hydrogen (secondary N) is 1. The molecule has 0 radical (unpaired) electrons. The van der Waals surface area contributed by atoms with Crippen LogP contribution in [0.3, 0.4) is 0 Å². The van der Waals surface area contributed by atoms with E-state index in [9.17, 15) is 4.79 Å². The first-order valence-electron chi connectivity index (χ1n) is 4.76. The summed E-state index contributed by atoms with van der Waals surface area (Å²) in [6.45, 7) is 0. The highest BCUT2D eigenvalue weighted by atomic mass is 16.1. The minimum Gasteiger partial charge on any atom is -0.329 e. The molecule has 0 fully saturated rings. The fourth-order valence-electron chi connectivity index (χ4n) is 1.32. The van der Waals surface area contributed by atoms with Crippen molar-refractivity contribution >= 4 is 12.2 Å². The van der Waals surface area contributed by atoms with Crippen molar-refractivity contribution in [1.82, 2.24) is 4.98 Å². The number of aromatic amines is 1. The predicted molar refractivity (Wildman–Crippen MR) is 62.4 cm³/mol. The third-order valence-electron chi connectivity index (χ3n) is 2.07. The minimum absolute atomic E-state index is 0.0785. The third kappa shape index (κ3) is 2.68. The zero-order valence-electron chi connectivity index (χ0n) is 8.18. The molecule has 0 aliphatic heterocycles. The molecule has 15 heavy (non-hydrogen) atoms. The number of rotatable bonds is 2. The van der Waals surface area contributed by atoms with Crippen molar-refractivity contribution in [3.63, 3.8) is 0 Å². The Balaban J connectivity index is 2.23. The van der Waals surface area contributed by atoms with E-state index in [1.165, 1.54) is 0 Å². The van der Waals surface area contributed by atoms with Gasteiger partial charge in [-0.1, -0.05) is 42.5 Å². The Kier molecular flexibility index (Phi) is 2.79. The average molecular weight is 197 g/mol. The van der Waals surface area contributed by atoms with Gasteiger partial charge in [-0.15, -0.1) is 0 Å². The highest BCUT2D eigenvalue weighted by molar-refractivity contribution is 5.69. The standard InChI is InChI=1S/C13H11NO/c15-13-10-12(8-9-14-13)7-6-11-4-2-1-3-5-11/h1-10H,(H,14,15). The minimum atomic E-state index is -0.0785. The fraction of sp³-hybridized carbons (Fsp3) is 0. The van der Waals surface area contributed by atoms with Crippen molar-refractivity contribution in [2.75, 3.05) is 0 Å². The second kappa shape index (κ2) is 4.42. The molecular formula is C13H11NO. The number of aromatic nitrogens is 1. The molecule has 74 valence electrons. The molecule has 0 saturated carbocycles. The van der Waals surface area contributed by atoms with Gasteiger partial charge in [0.2, 0.25) is 5.56 Å². The second-order valence-corrected chi connectivity index (χ2v) is 3.23. The van der Waals surface area contributed by atoms with Crippen LogP contribution in [0.5, 0.6) is 0 Å². The van der Waals surface area contributed by atoms with Crippen molar-refractivity contribution in [2.24, 2.45) is 0 Å². The lowest BCUT2D eigenvalue weighted by atomic mass is 10.1. The summed E-state index contributed by atoms with van der Waals surface area (Å²) in [7, 11) is 0. The highest BCUT2D eigenvalue weighted by Crippen LogP contribution is 2.05. The molecule has 1 N–H and O–H groups in total. The van der Waals surface area contributed by atoms with Crippen molar-refractivity contribution in [3.05, 3.63) is 70.1 Å². The summed E-state index contributed by atoms with van der Waals surface area (Å²) in [5.74, 6) is 0. The first-order valence-corrected chi connectivity index (χ1v) is 4.76. The van der Waals surface area contributed by atoms with E-state index in [2.05, 4.69) is 4.98 Å². The van der Waals surface area contributed by atoms with E-state index >= 15 is 0 Å². The van der Waals surface area contributed by atoms with E-state index in [1.807, 2.05) is 48.6 Å². The predicted octanol–water partition coefficient (Wildman–Crippen LogP) is 2.55. The first kappa shape index (κ1) is 9.46. The van der Waals surface area contributed by atoms with Crippen LogP contribution in [0.2, 0.25) is 0 Å². The maximum absolute atomic E-state index is 11.0. The van der Waals surface area contributed by atoms with E-state index in [1.54, 1.807) is 12.3 Å². The van der Waals surface area contributed by atoms with E-state index in [0.717, 1.165) is 11.1 Å². The Morgan fingerprint density at radius 1 is 0.933 bits per heavy atom. The zero-order chi connectivity index (χ0) is 10.5. The van der Waals surface area contributed by atoms with Gasteiger partial charge in [-0.2, -0.15) is 0 Å². The molecule has 2 rings (SSSR count). The maximum Gasteiger partial charge on any atom is 0.248 e. The number of hydrogen-bond acceptors (Lipinski definition) is 1. The molecule has 2 nitrogen and oxygen atoms in total. The Bertz CT molecular complexity index is 511. The number of pyridine rings is 1. The summed E-state index contributed by atoms with van der Waals surface area (Å²) < 4.78 is 0. The normalized spacial score (nSPS) is 10.7. The number of benzene rings is 1. The molecule has 0 aliphatic carbocycles. The van der Waals surface area contributed by atoms with Crippen molar-refractivity contribution in [2.45, 2.75) is 0 Å². The van der Waals surface area contributed by atoms with Gasteiger partial charge in [0.25, 0.3) is 0 Å². The molecule has 0 saturated heterocycles. The lowest BCUT2D eigenvalue weighted by Gasteiger charge is -1.92. The van der Waals surface area contributed by atoms with Crippen LogP contribution in [-0.2, 0) is 0 Å². The van der Waals surface area contributed by atoms with Gasteiger partial charge in [0.05, 0.1) is 0 Å². The van der Waals surface area contributed by atoms with Crippen molar-refractivity contribution in [1.29, 1.82) is 0 Å². The molecule has 1 heterocycles. The Labute approximate surface area is 87.9 Å². The Hall–Kier alpha value is -2.09. The topological polar surface area (TPSA) is 32.9 Å². The molecule has 1 aromatic heterocycles. The van der Waals surface area contributed by atoms with Crippen LogP contribution < -0.4 is 5.56 Å². The van der Waals surface area contributed by atoms with E-state index < -0.39 is 0 Å². The lowest BCUT2D eigenvalue weighted by Crippen LogP contribution is -2.01. The molecule has 0 spiro atoms. The average Bonchev–Trinajstić information content (AvgIpc) is 2.28. The monoisotopic (exact) mass is 197 g/mol. The summed E-state index contributed by atoms with van der Waals surface area (Å²) in [5, 5.41) is 0. The largest absolute Gasteiger partial charge is 0.329 e. The maximum atomic E-state index is 11.0. The number of hydrogen-bond donors (Lipinski definition) is 1. The molecule has 0 unspecified atom stereocenters. The Morgan fingerprint density at radius 2 is 1.67 bits per heavy atom. The molecule has 0 amide bonds. The van der Waals surface area contributed by atoms with Crippen LogP contribution in [0.4, 0.5) is 0 Å². The SMILES string of the molecule is O=c1cc(C=Cc2ccccc2)cc[nH]1. The van der Waals surface area contributed by atoms with Crippen LogP contribution in [0, 0.1) is 0 Å². The zero-order valence-corrected chi connectivity index (χ0v) is 8.18. The van der Waals surface area contributed by atoms with Gasteiger partial charge in [-0.25, -0.2) is 0 Å². The molecule has 0 atom stereocenters. The summed E-state index contributed by atoms with van der Waals surface area (Å²) in [6.07, 6.45) is 5.55. The van der Waals surface area contributed by atoms with Gasteiger partial charge >= 0.3 is 0 Å². The molecular weight excluding hydrogens is 186 g/mol. The summed E-state index contributed by atoms with van der Waals surface area (Å²) in [4.78, 5) is 13.6. The van der Waals surface area contributed by atoms with Crippen LogP contribution in [0.15, 0.2) is 53.5 Å². The quantitative estimate of drug-likeness (QED) is 0.788. The smallest absolute Gasteiger partial charge is 0.248 e. The van der Waals surface area contributed by atoms with Gasteiger partial charge in [0.15, 0.2) is 0 Å². The molecule has 1 aromatic carbocycles.